The van der Waals surface area contributed by atoms with Gasteiger partial charge in [0.25, 0.3) is 0 Å². The molecule has 0 bridgehead atoms. The Hall–Kier alpha value is -3.03. The number of aromatic hydroxyl groups is 1. The van der Waals surface area contributed by atoms with Gasteiger partial charge in [-0.05, 0) is 48.0 Å². The number of hydrogen-bond donors (Lipinski definition) is 2. The molecule has 3 N–H and O–H groups in total. The fraction of sp³-hybridized carbons (Fsp3) is 0. The molecule has 0 aliphatic rings. The van der Waals surface area contributed by atoms with E-state index in [2.05, 4.69) is 11.1 Å². The monoisotopic (exact) mass is 321 g/mol. The number of pyridine rings is 1. The van der Waals surface area contributed by atoms with Crippen LogP contribution in [0.15, 0.2) is 54.6 Å². The first-order chi connectivity index (χ1) is 11.1. The molecule has 0 amide bonds. The van der Waals surface area contributed by atoms with Crippen LogP contribution in [0.5, 0.6) is 5.75 Å². The average molecular weight is 322 g/mol. The normalized spacial score (nSPS) is 10.3. The number of rotatable bonds is 2. The number of nitrogen functional groups attached to an aromatic ring is 1. The number of phenols is 1. The number of nitrogens with zero attached hydrogens (tertiary/aromatic N) is 2. The van der Waals surface area contributed by atoms with Gasteiger partial charge in [-0.15, -0.1) is 0 Å². The molecule has 0 radical (unpaired) electrons. The fourth-order valence-electron chi connectivity index (χ4n) is 2.32. The second-order valence-electron chi connectivity index (χ2n) is 4.98. The van der Waals surface area contributed by atoms with E-state index in [-0.39, 0.29) is 11.6 Å². The van der Waals surface area contributed by atoms with Gasteiger partial charge in [0, 0.05) is 16.1 Å². The van der Waals surface area contributed by atoms with E-state index in [1.54, 1.807) is 36.4 Å². The van der Waals surface area contributed by atoms with Gasteiger partial charge in [-0.2, -0.15) is 5.26 Å². The fourth-order valence-corrected chi connectivity index (χ4v) is 2.45. The third-order valence-corrected chi connectivity index (χ3v) is 3.73. The molecule has 0 unspecified atom stereocenters. The number of phenolic OH excluding ortho intramolecular Hbond substituents is 1. The smallest absolute Gasteiger partial charge is 0.142 e. The summed E-state index contributed by atoms with van der Waals surface area (Å²) in [6.45, 7) is 0. The lowest BCUT2D eigenvalue weighted by molar-refractivity contribution is 0.475. The van der Waals surface area contributed by atoms with Gasteiger partial charge in [-0.3, -0.25) is 0 Å². The largest absolute Gasteiger partial charge is 0.508 e. The van der Waals surface area contributed by atoms with Crippen LogP contribution in [0, 0.1) is 11.3 Å². The maximum absolute atomic E-state index is 9.40. The molecule has 112 valence electrons. The van der Waals surface area contributed by atoms with E-state index in [0.29, 0.717) is 21.8 Å². The van der Waals surface area contributed by atoms with Crippen molar-refractivity contribution in [3.8, 4) is 34.2 Å². The molecule has 5 heteroatoms. The number of anilines is 1. The van der Waals surface area contributed by atoms with Crippen molar-refractivity contribution in [3.63, 3.8) is 0 Å². The molecule has 4 nitrogen and oxygen atoms in total. The summed E-state index contributed by atoms with van der Waals surface area (Å²) in [4.78, 5) is 4.30. The van der Waals surface area contributed by atoms with Crippen LogP contribution in [-0.2, 0) is 0 Å². The van der Waals surface area contributed by atoms with Gasteiger partial charge in [0.2, 0.25) is 0 Å². The Kier molecular flexibility index (Phi) is 3.88. The highest BCUT2D eigenvalue weighted by atomic mass is 35.5. The zero-order chi connectivity index (χ0) is 16.4. The van der Waals surface area contributed by atoms with Crippen LogP contribution in [0.1, 0.15) is 5.56 Å². The minimum Gasteiger partial charge on any atom is -0.508 e. The zero-order valence-electron chi connectivity index (χ0n) is 12.0. The topological polar surface area (TPSA) is 82.9 Å². The summed E-state index contributed by atoms with van der Waals surface area (Å²) in [7, 11) is 0. The lowest BCUT2D eigenvalue weighted by Gasteiger charge is -2.10. The summed E-state index contributed by atoms with van der Waals surface area (Å²) < 4.78 is 0. The van der Waals surface area contributed by atoms with Crippen molar-refractivity contribution in [1.82, 2.24) is 4.98 Å². The van der Waals surface area contributed by atoms with Gasteiger partial charge in [-0.25, -0.2) is 4.98 Å². The summed E-state index contributed by atoms with van der Waals surface area (Å²) in [5.41, 5.74) is 9.25. The number of nitriles is 1. The SMILES string of the molecule is N#Cc1c(-c2ccc(Cl)cc2)cc(-c2ccc(O)cc2)nc1N. The van der Waals surface area contributed by atoms with E-state index in [1.807, 2.05) is 18.2 Å². The van der Waals surface area contributed by atoms with Gasteiger partial charge < -0.3 is 10.8 Å². The maximum atomic E-state index is 9.40. The zero-order valence-corrected chi connectivity index (χ0v) is 12.7. The van der Waals surface area contributed by atoms with Gasteiger partial charge in [0.15, 0.2) is 0 Å². The lowest BCUT2D eigenvalue weighted by Crippen LogP contribution is -1.99. The molecule has 0 aliphatic carbocycles. The number of halogens is 1. The standard InChI is InChI=1S/C18H12ClN3O/c19-13-5-1-11(2-6-13)15-9-17(22-18(21)16(15)10-20)12-3-7-14(23)8-4-12/h1-9,23H,(H2,21,22). The quantitative estimate of drug-likeness (QED) is 0.740. The van der Waals surface area contributed by atoms with E-state index in [9.17, 15) is 10.4 Å². The van der Waals surface area contributed by atoms with Crippen LogP contribution in [0.4, 0.5) is 5.82 Å². The molecule has 0 spiro atoms. The van der Waals surface area contributed by atoms with Crippen LogP contribution in [-0.4, -0.2) is 10.1 Å². The number of aromatic nitrogens is 1. The predicted octanol–water partition coefficient (Wildman–Crippen LogP) is 4.23. The van der Waals surface area contributed by atoms with Crippen LogP contribution < -0.4 is 5.73 Å². The first kappa shape index (κ1) is 14.9. The highest BCUT2D eigenvalue weighted by molar-refractivity contribution is 6.30. The third kappa shape index (κ3) is 2.96. The number of nitrogens with two attached hydrogens (primary N) is 1. The van der Waals surface area contributed by atoms with E-state index >= 15 is 0 Å². The number of hydrogen-bond acceptors (Lipinski definition) is 4. The van der Waals surface area contributed by atoms with E-state index < -0.39 is 0 Å². The first-order valence-corrected chi connectivity index (χ1v) is 7.22. The van der Waals surface area contributed by atoms with Crippen molar-refractivity contribution in [3.05, 3.63) is 65.2 Å². The Morgan fingerprint density at radius 3 is 2.22 bits per heavy atom. The molecule has 0 saturated carbocycles. The molecular formula is C18H12ClN3O. The van der Waals surface area contributed by atoms with Gasteiger partial charge in [-0.1, -0.05) is 23.7 Å². The Bertz CT molecular complexity index is 897. The first-order valence-electron chi connectivity index (χ1n) is 6.84. The van der Waals surface area contributed by atoms with Crippen molar-refractivity contribution in [2.45, 2.75) is 0 Å². The third-order valence-electron chi connectivity index (χ3n) is 3.48. The van der Waals surface area contributed by atoms with Crippen molar-refractivity contribution in [2.75, 3.05) is 5.73 Å². The van der Waals surface area contributed by atoms with Crippen molar-refractivity contribution in [2.24, 2.45) is 0 Å². The van der Waals surface area contributed by atoms with Gasteiger partial charge in [0.1, 0.15) is 23.2 Å². The minimum atomic E-state index is 0.169. The average Bonchev–Trinajstić information content (AvgIpc) is 2.55. The Morgan fingerprint density at radius 2 is 1.61 bits per heavy atom. The summed E-state index contributed by atoms with van der Waals surface area (Å²) in [6.07, 6.45) is 0. The highest BCUT2D eigenvalue weighted by Gasteiger charge is 2.13. The number of benzene rings is 2. The molecule has 0 fully saturated rings. The van der Waals surface area contributed by atoms with E-state index in [1.165, 1.54) is 0 Å². The molecule has 0 saturated heterocycles. The van der Waals surface area contributed by atoms with Crippen molar-refractivity contribution >= 4 is 17.4 Å². The second kappa shape index (κ2) is 5.99. The van der Waals surface area contributed by atoms with Crippen LogP contribution in [0.25, 0.3) is 22.4 Å². The minimum absolute atomic E-state index is 0.169. The lowest BCUT2D eigenvalue weighted by atomic mass is 9.98. The maximum Gasteiger partial charge on any atom is 0.142 e. The molecule has 2 aromatic carbocycles. The van der Waals surface area contributed by atoms with Gasteiger partial charge >= 0.3 is 0 Å². The molecule has 1 heterocycles. The highest BCUT2D eigenvalue weighted by Crippen LogP contribution is 2.32. The van der Waals surface area contributed by atoms with Crippen LogP contribution in [0.2, 0.25) is 5.02 Å². The Labute approximate surface area is 138 Å². The summed E-state index contributed by atoms with van der Waals surface area (Å²) >= 11 is 5.92. The van der Waals surface area contributed by atoms with Crippen molar-refractivity contribution < 1.29 is 5.11 Å². The summed E-state index contributed by atoms with van der Waals surface area (Å²) in [5, 5.41) is 19.4. The van der Waals surface area contributed by atoms with E-state index in [4.69, 9.17) is 17.3 Å². The molecule has 3 aromatic rings. The van der Waals surface area contributed by atoms with Crippen LogP contribution >= 0.6 is 11.6 Å². The summed E-state index contributed by atoms with van der Waals surface area (Å²) in [5.74, 6) is 0.344. The Balaban J connectivity index is 2.20. The molecule has 1 aromatic heterocycles. The molecule has 3 rings (SSSR count). The molecule has 0 atom stereocenters. The van der Waals surface area contributed by atoms with Crippen LogP contribution in [0.3, 0.4) is 0 Å². The second-order valence-corrected chi connectivity index (χ2v) is 5.42. The van der Waals surface area contributed by atoms with Gasteiger partial charge in [0.05, 0.1) is 5.69 Å². The predicted molar refractivity (Wildman–Crippen MR) is 90.9 cm³/mol. The molecule has 23 heavy (non-hydrogen) atoms. The molecular weight excluding hydrogens is 310 g/mol. The van der Waals surface area contributed by atoms with E-state index in [0.717, 1.165) is 11.1 Å². The summed E-state index contributed by atoms with van der Waals surface area (Å²) in [6, 6.07) is 17.7. The van der Waals surface area contributed by atoms with Crippen molar-refractivity contribution in [1.29, 1.82) is 5.26 Å². The Morgan fingerprint density at radius 1 is 1.00 bits per heavy atom. The molecule has 0 aliphatic heterocycles.